The number of nitrogens with one attached hydrogen (secondary N) is 1. The Labute approximate surface area is 104 Å². The van der Waals surface area contributed by atoms with E-state index in [1.54, 1.807) is 7.11 Å². The number of carbonyl (C=O) groups excluding carboxylic acids is 1. The average Bonchev–Trinajstić information content (AvgIpc) is 3.02. The van der Waals surface area contributed by atoms with Crippen molar-refractivity contribution >= 4 is 5.91 Å². The fourth-order valence-electron chi connectivity index (χ4n) is 2.32. The Hall–Kier alpha value is -0.610. The lowest BCUT2D eigenvalue weighted by Crippen LogP contribution is -2.35. The summed E-state index contributed by atoms with van der Waals surface area (Å²) < 4.78 is 5.10. The maximum Gasteiger partial charge on any atom is 0.222 e. The van der Waals surface area contributed by atoms with Crippen LogP contribution in [0, 0.1) is 11.3 Å². The Balaban J connectivity index is 2.24. The molecule has 17 heavy (non-hydrogen) atoms. The largest absolute Gasteiger partial charge is 0.380 e. The van der Waals surface area contributed by atoms with Gasteiger partial charge in [0.2, 0.25) is 5.91 Å². The molecular weight excluding hydrogens is 216 g/mol. The van der Waals surface area contributed by atoms with Crippen LogP contribution in [0.1, 0.15) is 39.5 Å². The zero-order chi connectivity index (χ0) is 12.9. The minimum Gasteiger partial charge on any atom is -0.380 e. The summed E-state index contributed by atoms with van der Waals surface area (Å²) in [4.78, 5) is 11.7. The van der Waals surface area contributed by atoms with Crippen molar-refractivity contribution in [1.82, 2.24) is 5.32 Å². The third-order valence-electron chi connectivity index (χ3n) is 3.47. The van der Waals surface area contributed by atoms with Gasteiger partial charge in [0.15, 0.2) is 0 Å². The molecule has 1 saturated carbocycles. The lowest BCUT2D eigenvalue weighted by atomic mass is 9.94. The molecule has 1 amide bonds. The number of amides is 1. The summed E-state index contributed by atoms with van der Waals surface area (Å²) in [6, 6.07) is 0. The molecule has 0 spiro atoms. The van der Waals surface area contributed by atoms with E-state index in [-0.39, 0.29) is 12.0 Å². The molecule has 0 bridgehead atoms. The third kappa shape index (κ3) is 5.04. The van der Waals surface area contributed by atoms with Gasteiger partial charge in [0.05, 0.1) is 12.5 Å². The quantitative estimate of drug-likeness (QED) is 0.674. The topological polar surface area (TPSA) is 64.3 Å². The summed E-state index contributed by atoms with van der Waals surface area (Å²) in [7, 11) is 1.59. The first kappa shape index (κ1) is 14.5. The van der Waals surface area contributed by atoms with Crippen LogP contribution < -0.4 is 11.1 Å². The van der Waals surface area contributed by atoms with Gasteiger partial charge in [-0.05, 0) is 30.6 Å². The molecule has 0 aliphatic heterocycles. The molecule has 1 aliphatic rings. The predicted molar refractivity (Wildman–Crippen MR) is 68.6 cm³/mol. The number of nitrogens with two attached hydrogens (primary N) is 1. The highest BCUT2D eigenvalue weighted by molar-refractivity contribution is 5.76. The molecule has 1 rings (SSSR count). The summed E-state index contributed by atoms with van der Waals surface area (Å²) in [5, 5.41) is 3.02. The maximum absolute atomic E-state index is 11.7. The molecule has 1 aliphatic carbocycles. The monoisotopic (exact) mass is 242 g/mol. The second-order valence-electron chi connectivity index (χ2n) is 5.67. The highest BCUT2D eigenvalue weighted by Gasteiger charge is 2.42. The first-order valence-corrected chi connectivity index (χ1v) is 6.51. The fourth-order valence-corrected chi connectivity index (χ4v) is 2.32. The average molecular weight is 242 g/mol. The third-order valence-corrected chi connectivity index (χ3v) is 3.47. The molecule has 0 radical (unpaired) electrons. The zero-order valence-corrected chi connectivity index (χ0v) is 11.3. The maximum atomic E-state index is 11.7. The molecule has 100 valence electrons. The molecule has 4 nitrogen and oxygen atoms in total. The van der Waals surface area contributed by atoms with Crippen LogP contribution in [0.15, 0.2) is 0 Å². The molecule has 1 unspecified atom stereocenters. The summed E-state index contributed by atoms with van der Waals surface area (Å²) in [5.74, 6) is 0.752. The Kier molecular flexibility index (Phi) is 5.40. The molecule has 1 atom stereocenters. The van der Waals surface area contributed by atoms with Crippen LogP contribution in [0.25, 0.3) is 0 Å². The molecule has 3 N–H and O–H groups in total. The van der Waals surface area contributed by atoms with E-state index in [1.807, 2.05) is 0 Å². The second kappa shape index (κ2) is 6.36. The van der Waals surface area contributed by atoms with Crippen molar-refractivity contribution in [1.29, 1.82) is 0 Å². The number of hydrogen-bond acceptors (Lipinski definition) is 3. The van der Waals surface area contributed by atoms with Gasteiger partial charge in [-0.1, -0.05) is 13.8 Å². The standard InChI is InChI=1S/C13H26N2O2/c1-10(2)7-13(4-5-13)9-15-12(16)6-11(8-14)17-3/h10-11H,4-9,14H2,1-3H3,(H,15,16). The van der Waals surface area contributed by atoms with Gasteiger partial charge in [-0.25, -0.2) is 0 Å². The number of carbonyl (C=O) groups is 1. The van der Waals surface area contributed by atoms with Gasteiger partial charge >= 0.3 is 0 Å². The molecular formula is C13H26N2O2. The van der Waals surface area contributed by atoms with Gasteiger partial charge in [-0.15, -0.1) is 0 Å². The highest BCUT2D eigenvalue weighted by atomic mass is 16.5. The molecule has 0 aromatic carbocycles. The molecule has 0 heterocycles. The van der Waals surface area contributed by atoms with Crippen LogP contribution in [0.5, 0.6) is 0 Å². The Morgan fingerprint density at radius 3 is 2.53 bits per heavy atom. The normalized spacial score (nSPS) is 19.1. The van der Waals surface area contributed by atoms with E-state index < -0.39 is 0 Å². The summed E-state index contributed by atoms with van der Waals surface area (Å²) in [5.41, 5.74) is 5.87. The first-order chi connectivity index (χ1) is 8.01. The van der Waals surface area contributed by atoms with Gasteiger partial charge in [0.1, 0.15) is 0 Å². The smallest absolute Gasteiger partial charge is 0.222 e. The van der Waals surface area contributed by atoms with Crippen LogP contribution in [-0.2, 0) is 9.53 Å². The van der Waals surface area contributed by atoms with Crippen molar-refractivity contribution < 1.29 is 9.53 Å². The van der Waals surface area contributed by atoms with E-state index in [9.17, 15) is 4.79 Å². The van der Waals surface area contributed by atoms with Crippen molar-refractivity contribution in [2.75, 3.05) is 20.2 Å². The number of ether oxygens (including phenoxy) is 1. The lowest BCUT2D eigenvalue weighted by Gasteiger charge is -2.19. The van der Waals surface area contributed by atoms with E-state index in [4.69, 9.17) is 10.5 Å². The molecule has 0 aromatic rings. The van der Waals surface area contributed by atoms with Gasteiger partial charge in [0, 0.05) is 20.2 Å². The van der Waals surface area contributed by atoms with E-state index >= 15 is 0 Å². The van der Waals surface area contributed by atoms with Gasteiger partial charge in [-0.2, -0.15) is 0 Å². The van der Waals surface area contributed by atoms with Crippen LogP contribution in [-0.4, -0.2) is 32.2 Å². The minimum absolute atomic E-state index is 0.0531. The van der Waals surface area contributed by atoms with Gasteiger partial charge < -0.3 is 15.8 Å². The van der Waals surface area contributed by atoms with E-state index in [0.29, 0.717) is 24.3 Å². The van der Waals surface area contributed by atoms with Crippen molar-refractivity contribution in [2.45, 2.75) is 45.6 Å². The van der Waals surface area contributed by atoms with Crippen molar-refractivity contribution in [3.05, 3.63) is 0 Å². The summed E-state index contributed by atoms with van der Waals surface area (Å²) in [6.45, 7) is 5.67. The highest BCUT2D eigenvalue weighted by Crippen LogP contribution is 2.49. The number of methoxy groups -OCH3 is 1. The second-order valence-corrected chi connectivity index (χ2v) is 5.67. The van der Waals surface area contributed by atoms with Crippen LogP contribution in [0.2, 0.25) is 0 Å². The van der Waals surface area contributed by atoms with Crippen molar-refractivity contribution in [3.8, 4) is 0 Å². The molecule has 0 saturated heterocycles. The minimum atomic E-state index is -0.157. The van der Waals surface area contributed by atoms with E-state index in [1.165, 1.54) is 19.3 Å². The molecule has 4 heteroatoms. The number of hydrogen-bond donors (Lipinski definition) is 2. The van der Waals surface area contributed by atoms with Crippen LogP contribution in [0.4, 0.5) is 0 Å². The van der Waals surface area contributed by atoms with Crippen LogP contribution in [0.3, 0.4) is 0 Å². The van der Waals surface area contributed by atoms with Gasteiger partial charge in [0.25, 0.3) is 0 Å². The first-order valence-electron chi connectivity index (χ1n) is 6.51. The Bertz CT molecular complexity index is 246. The summed E-state index contributed by atoms with van der Waals surface area (Å²) in [6.07, 6.45) is 3.91. The SMILES string of the molecule is COC(CN)CC(=O)NCC1(CC(C)C)CC1. The number of rotatable bonds is 8. The zero-order valence-electron chi connectivity index (χ0n) is 11.3. The summed E-state index contributed by atoms with van der Waals surface area (Å²) >= 11 is 0. The fraction of sp³-hybridized carbons (Fsp3) is 0.923. The van der Waals surface area contributed by atoms with Crippen LogP contribution >= 0.6 is 0 Å². The van der Waals surface area contributed by atoms with E-state index in [2.05, 4.69) is 19.2 Å². The van der Waals surface area contributed by atoms with Crippen molar-refractivity contribution in [3.63, 3.8) is 0 Å². The molecule has 0 aromatic heterocycles. The van der Waals surface area contributed by atoms with Crippen molar-refractivity contribution in [2.24, 2.45) is 17.1 Å². The van der Waals surface area contributed by atoms with Gasteiger partial charge in [-0.3, -0.25) is 4.79 Å². The Morgan fingerprint density at radius 2 is 2.12 bits per heavy atom. The predicted octanol–water partition coefficient (Wildman–Crippen LogP) is 1.29. The Morgan fingerprint density at radius 1 is 1.47 bits per heavy atom. The lowest BCUT2D eigenvalue weighted by molar-refractivity contribution is -0.123. The molecule has 1 fully saturated rings. The van der Waals surface area contributed by atoms with E-state index in [0.717, 1.165) is 6.54 Å².